The highest BCUT2D eigenvalue weighted by atomic mass is 16.5. The molecule has 37 heavy (non-hydrogen) atoms. The van der Waals surface area contributed by atoms with Crippen molar-refractivity contribution in [3.63, 3.8) is 0 Å². The Balaban J connectivity index is 1.44. The Morgan fingerprint density at radius 1 is 0.784 bits per heavy atom. The predicted molar refractivity (Wildman–Crippen MR) is 150 cm³/mol. The Kier molecular flexibility index (Phi) is 7.66. The summed E-state index contributed by atoms with van der Waals surface area (Å²) in [5.74, 6) is 0.975. The SMILES string of the molecule is COc1ccc(Cn2cc([C@H](CC(=O)NCc3ccccc3)Cc3ccccc3)c3ccccc32)cc1. The lowest BCUT2D eigenvalue weighted by molar-refractivity contribution is -0.121. The van der Waals surface area contributed by atoms with Gasteiger partial charge in [-0.25, -0.2) is 0 Å². The largest absolute Gasteiger partial charge is 0.497 e. The van der Waals surface area contributed by atoms with E-state index >= 15 is 0 Å². The molecule has 0 radical (unpaired) electrons. The fraction of sp³-hybridized carbons (Fsp3) is 0.182. The molecule has 4 heteroatoms. The van der Waals surface area contributed by atoms with E-state index in [1.165, 1.54) is 27.6 Å². The van der Waals surface area contributed by atoms with Crippen LogP contribution >= 0.6 is 0 Å². The maximum atomic E-state index is 13.2. The van der Waals surface area contributed by atoms with Crippen LogP contribution in [0.1, 0.15) is 34.6 Å². The zero-order valence-electron chi connectivity index (χ0n) is 21.1. The minimum absolute atomic E-state index is 0.0557. The number of para-hydroxylation sites is 1. The molecule has 0 fully saturated rings. The maximum Gasteiger partial charge on any atom is 0.220 e. The first-order valence-corrected chi connectivity index (χ1v) is 12.7. The molecule has 0 aliphatic heterocycles. The molecule has 1 atom stereocenters. The summed E-state index contributed by atoms with van der Waals surface area (Å²) < 4.78 is 7.62. The van der Waals surface area contributed by atoms with Crippen LogP contribution in [0.5, 0.6) is 5.75 Å². The Labute approximate surface area is 218 Å². The second-order valence-electron chi connectivity index (χ2n) is 9.43. The summed E-state index contributed by atoms with van der Waals surface area (Å²) in [5.41, 5.74) is 5.93. The van der Waals surface area contributed by atoms with Crippen molar-refractivity contribution in [1.82, 2.24) is 9.88 Å². The van der Waals surface area contributed by atoms with Crippen molar-refractivity contribution >= 4 is 16.8 Å². The molecule has 186 valence electrons. The average molecular weight is 489 g/mol. The molecule has 4 nitrogen and oxygen atoms in total. The number of carbonyl (C=O) groups is 1. The van der Waals surface area contributed by atoms with Gasteiger partial charge in [0.05, 0.1) is 7.11 Å². The summed E-state index contributed by atoms with van der Waals surface area (Å²) in [6, 6.07) is 37.2. The third-order valence-electron chi connectivity index (χ3n) is 6.86. The quantitative estimate of drug-likeness (QED) is 0.237. The number of aromatic nitrogens is 1. The Bertz CT molecular complexity index is 1440. The lowest BCUT2D eigenvalue weighted by atomic mass is 9.88. The molecule has 4 aromatic carbocycles. The average Bonchev–Trinajstić information content (AvgIpc) is 3.31. The van der Waals surface area contributed by atoms with Gasteiger partial charge in [-0.2, -0.15) is 0 Å². The molecule has 0 saturated carbocycles. The number of hydrogen-bond acceptors (Lipinski definition) is 2. The van der Waals surface area contributed by atoms with E-state index in [0.29, 0.717) is 13.0 Å². The van der Waals surface area contributed by atoms with Crippen LogP contribution in [-0.2, 0) is 24.3 Å². The third kappa shape index (κ3) is 6.10. The van der Waals surface area contributed by atoms with Gasteiger partial charge in [-0.3, -0.25) is 4.79 Å². The fourth-order valence-electron chi connectivity index (χ4n) is 4.94. The van der Waals surface area contributed by atoms with E-state index in [4.69, 9.17) is 4.74 Å². The van der Waals surface area contributed by atoms with E-state index in [1.807, 2.05) is 48.5 Å². The second kappa shape index (κ2) is 11.6. The normalized spacial score (nSPS) is 11.8. The molecular formula is C33H32N2O2. The Morgan fingerprint density at radius 3 is 2.14 bits per heavy atom. The van der Waals surface area contributed by atoms with E-state index in [-0.39, 0.29) is 11.8 Å². The lowest BCUT2D eigenvalue weighted by Gasteiger charge is -2.17. The van der Waals surface area contributed by atoms with Crippen molar-refractivity contribution in [2.24, 2.45) is 0 Å². The zero-order chi connectivity index (χ0) is 25.5. The van der Waals surface area contributed by atoms with E-state index in [2.05, 4.69) is 76.7 Å². The molecule has 0 unspecified atom stereocenters. The molecule has 0 saturated heterocycles. The molecule has 1 aromatic heterocycles. The summed E-state index contributed by atoms with van der Waals surface area (Å²) in [5, 5.41) is 4.33. The van der Waals surface area contributed by atoms with E-state index < -0.39 is 0 Å². The van der Waals surface area contributed by atoms with Crippen molar-refractivity contribution in [1.29, 1.82) is 0 Å². The topological polar surface area (TPSA) is 43.3 Å². The molecule has 0 spiro atoms. The second-order valence-corrected chi connectivity index (χ2v) is 9.43. The first kappa shape index (κ1) is 24.4. The predicted octanol–water partition coefficient (Wildman–Crippen LogP) is 6.73. The van der Waals surface area contributed by atoms with Crippen LogP contribution in [0.2, 0.25) is 0 Å². The first-order chi connectivity index (χ1) is 18.2. The Hall–Kier alpha value is -4.31. The van der Waals surface area contributed by atoms with Gasteiger partial charge in [-0.05, 0) is 52.8 Å². The number of ether oxygens (including phenoxy) is 1. The molecule has 1 N–H and O–H groups in total. The van der Waals surface area contributed by atoms with Crippen LogP contribution in [0, 0.1) is 0 Å². The molecule has 0 aliphatic carbocycles. The molecule has 0 aliphatic rings. The number of nitrogens with zero attached hydrogens (tertiary/aromatic N) is 1. The van der Waals surface area contributed by atoms with Gasteiger partial charge in [0.25, 0.3) is 0 Å². The van der Waals surface area contributed by atoms with Gasteiger partial charge in [0, 0.05) is 36.6 Å². The van der Waals surface area contributed by atoms with Crippen LogP contribution in [0.25, 0.3) is 10.9 Å². The summed E-state index contributed by atoms with van der Waals surface area (Å²) >= 11 is 0. The standard InChI is InChI=1S/C33H32N2O2/c1-37-29-18-16-27(17-19-29)23-35-24-31(30-14-8-9-15-32(30)35)28(20-25-10-4-2-5-11-25)21-33(36)34-22-26-12-6-3-7-13-26/h2-19,24,28H,20-23H2,1H3,(H,34,36)/t28-/m0/s1. The third-order valence-corrected chi connectivity index (χ3v) is 6.86. The Morgan fingerprint density at radius 2 is 1.43 bits per heavy atom. The number of benzene rings is 4. The van der Waals surface area contributed by atoms with Crippen molar-refractivity contribution in [3.8, 4) is 5.75 Å². The van der Waals surface area contributed by atoms with Gasteiger partial charge >= 0.3 is 0 Å². The van der Waals surface area contributed by atoms with Crippen molar-refractivity contribution in [3.05, 3.63) is 138 Å². The highest BCUT2D eigenvalue weighted by Crippen LogP contribution is 2.33. The van der Waals surface area contributed by atoms with Crippen LogP contribution in [0.15, 0.2) is 115 Å². The summed E-state index contributed by atoms with van der Waals surface area (Å²) in [4.78, 5) is 13.2. The van der Waals surface area contributed by atoms with Gasteiger partial charge in [0.15, 0.2) is 0 Å². The summed E-state index contributed by atoms with van der Waals surface area (Å²) in [6.07, 6.45) is 3.47. The molecule has 0 bridgehead atoms. The number of fused-ring (bicyclic) bond motifs is 1. The first-order valence-electron chi connectivity index (χ1n) is 12.7. The van der Waals surface area contributed by atoms with Crippen molar-refractivity contribution in [2.45, 2.75) is 31.8 Å². The highest BCUT2D eigenvalue weighted by molar-refractivity contribution is 5.86. The summed E-state index contributed by atoms with van der Waals surface area (Å²) in [7, 11) is 1.68. The van der Waals surface area contributed by atoms with Gasteiger partial charge in [-0.1, -0.05) is 91.0 Å². The molecule has 1 amide bonds. The summed E-state index contributed by atoms with van der Waals surface area (Å²) in [6.45, 7) is 1.29. The number of amides is 1. The molecular weight excluding hydrogens is 456 g/mol. The van der Waals surface area contributed by atoms with E-state index in [1.54, 1.807) is 7.11 Å². The van der Waals surface area contributed by atoms with Crippen LogP contribution in [-0.4, -0.2) is 17.6 Å². The van der Waals surface area contributed by atoms with Gasteiger partial charge in [0.1, 0.15) is 5.75 Å². The zero-order valence-corrected chi connectivity index (χ0v) is 21.1. The van der Waals surface area contributed by atoms with Crippen molar-refractivity contribution in [2.75, 3.05) is 7.11 Å². The highest BCUT2D eigenvalue weighted by Gasteiger charge is 2.22. The van der Waals surface area contributed by atoms with E-state index in [9.17, 15) is 4.79 Å². The van der Waals surface area contributed by atoms with Gasteiger partial charge in [-0.15, -0.1) is 0 Å². The lowest BCUT2D eigenvalue weighted by Crippen LogP contribution is -2.25. The number of hydrogen-bond donors (Lipinski definition) is 1. The maximum absolute atomic E-state index is 13.2. The number of methoxy groups -OCH3 is 1. The molecule has 1 heterocycles. The van der Waals surface area contributed by atoms with Crippen LogP contribution < -0.4 is 10.1 Å². The van der Waals surface area contributed by atoms with Crippen LogP contribution in [0.4, 0.5) is 0 Å². The number of nitrogens with one attached hydrogen (secondary N) is 1. The smallest absolute Gasteiger partial charge is 0.220 e. The van der Waals surface area contributed by atoms with Crippen molar-refractivity contribution < 1.29 is 9.53 Å². The molecule has 5 aromatic rings. The number of rotatable bonds is 10. The van der Waals surface area contributed by atoms with Gasteiger partial charge < -0.3 is 14.6 Å². The monoisotopic (exact) mass is 488 g/mol. The van der Waals surface area contributed by atoms with Gasteiger partial charge in [0.2, 0.25) is 5.91 Å². The minimum Gasteiger partial charge on any atom is -0.497 e. The fourth-order valence-corrected chi connectivity index (χ4v) is 4.94. The number of carbonyl (C=O) groups excluding carboxylic acids is 1. The molecule has 5 rings (SSSR count). The van der Waals surface area contributed by atoms with E-state index in [0.717, 1.165) is 24.3 Å². The minimum atomic E-state index is 0.0557. The van der Waals surface area contributed by atoms with Crippen LogP contribution in [0.3, 0.4) is 0 Å².